The number of anilines is 3. The molecule has 250 valence electrons. The number of hydrogen-bond acceptors (Lipinski definition) is 7. The van der Waals surface area contributed by atoms with Crippen LogP contribution in [0.2, 0.25) is 0 Å². The van der Waals surface area contributed by atoms with Gasteiger partial charge in [-0.05, 0) is 84.3 Å². The molecule has 1 N–H and O–H groups in total. The summed E-state index contributed by atoms with van der Waals surface area (Å²) in [4.78, 5) is 82.7. The van der Waals surface area contributed by atoms with Gasteiger partial charge in [0.05, 0.1) is 16.9 Å². The quantitative estimate of drug-likeness (QED) is 0.145. The summed E-state index contributed by atoms with van der Waals surface area (Å²) >= 11 is 1.88. The van der Waals surface area contributed by atoms with Gasteiger partial charge in [-0.1, -0.05) is 36.4 Å². The number of ether oxygens (including phenoxy) is 1. The van der Waals surface area contributed by atoms with E-state index >= 15 is 4.39 Å². The number of amides is 2. The molecule has 14 heteroatoms. The lowest BCUT2D eigenvalue weighted by atomic mass is 10.1. The molecule has 2 amide bonds. The van der Waals surface area contributed by atoms with Crippen molar-refractivity contribution in [2.45, 2.75) is 39.3 Å². The lowest BCUT2D eigenvalue weighted by Crippen LogP contribution is -2.44. The summed E-state index contributed by atoms with van der Waals surface area (Å²) in [5.74, 6) is -4.46. The van der Waals surface area contributed by atoms with E-state index in [-0.39, 0.29) is 34.7 Å². The molecule has 1 aliphatic carbocycles. The van der Waals surface area contributed by atoms with Crippen molar-refractivity contribution in [1.29, 1.82) is 0 Å². The number of nitrogens with zero attached hydrogens (tertiary/aromatic N) is 4. The molecule has 5 aromatic rings. The van der Waals surface area contributed by atoms with Crippen molar-refractivity contribution >= 4 is 68.5 Å². The van der Waals surface area contributed by atoms with Crippen molar-refractivity contribution in [3.63, 3.8) is 0 Å². The highest BCUT2D eigenvalue weighted by Gasteiger charge is 2.37. The third kappa shape index (κ3) is 6.30. The molecule has 2 heterocycles. The topological polar surface area (TPSA) is 142 Å². The van der Waals surface area contributed by atoms with Gasteiger partial charge >= 0.3 is 17.6 Å². The summed E-state index contributed by atoms with van der Waals surface area (Å²) in [5, 5.41) is 2.38. The fourth-order valence-electron chi connectivity index (χ4n) is 5.74. The molecule has 3 aromatic carbocycles. The molecule has 6 rings (SSSR count). The molecule has 0 bridgehead atoms. The van der Waals surface area contributed by atoms with Crippen molar-refractivity contribution in [2.24, 2.45) is 7.05 Å². The molecule has 0 aliphatic heterocycles. The number of carbonyl (C=O) groups excluding carboxylic acids is 3. The number of hydrogen-bond donors (Lipinski definition) is 1. The molecule has 0 atom stereocenters. The minimum absolute atomic E-state index is 0.0227. The first kappa shape index (κ1) is 33.5. The normalized spacial score (nSPS) is 12.5. The minimum atomic E-state index is -1.38. The predicted octanol–water partition coefficient (Wildman–Crippen LogP) is 4.60. The summed E-state index contributed by atoms with van der Waals surface area (Å²) in [5.41, 5.74) is -1.76. The largest absolute Gasteiger partial charge is 0.454 e. The van der Waals surface area contributed by atoms with Gasteiger partial charge in [-0.3, -0.25) is 37.8 Å². The Morgan fingerprint density at radius 3 is 2.35 bits per heavy atom. The molecular weight excluding hydrogens is 748 g/mol. The van der Waals surface area contributed by atoms with Crippen molar-refractivity contribution in [1.82, 2.24) is 13.7 Å². The van der Waals surface area contributed by atoms with Gasteiger partial charge in [0.25, 0.3) is 11.1 Å². The fraction of sp³-hybridized carbons (Fsp3) is 0.200. The summed E-state index contributed by atoms with van der Waals surface area (Å²) in [6.07, 6.45) is 1.04. The maximum Gasteiger partial charge on any atom is 0.398 e. The first-order valence-electron chi connectivity index (χ1n) is 15.2. The number of benzene rings is 3. The summed E-state index contributed by atoms with van der Waals surface area (Å²) in [7, 11) is 1.29. The summed E-state index contributed by atoms with van der Waals surface area (Å²) < 4.78 is 24.8. The van der Waals surface area contributed by atoms with Gasteiger partial charge in [0, 0.05) is 34.8 Å². The summed E-state index contributed by atoms with van der Waals surface area (Å²) in [6.45, 7) is 2.47. The van der Waals surface area contributed by atoms with Gasteiger partial charge in [-0.25, -0.2) is 14.0 Å². The maximum atomic E-state index is 15.8. The molecule has 0 radical (unpaired) electrons. The smallest absolute Gasteiger partial charge is 0.398 e. The van der Waals surface area contributed by atoms with Crippen LogP contribution in [0.4, 0.5) is 21.6 Å². The van der Waals surface area contributed by atoms with E-state index in [2.05, 4.69) is 5.32 Å². The number of nitrogens with one attached hydrogen (secondary N) is 1. The van der Waals surface area contributed by atoms with Gasteiger partial charge < -0.3 is 10.1 Å². The molecular formula is C35H29FIN5O7. The highest BCUT2D eigenvalue weighted by molar-refractivity contribution is 14.1. The zero-order valence-electron chi connectivity index (χ0n) is 26.5. The fourth-order valence-corrected chi connectivity index (χ4v) is 6.19. The van der Waals surface area contributed by atoms with E-state index < -0.39 is 52.0 Å². The average Bonchev–Trinajstić information content (AvgIpc) is 3.90. The van der Waals surface area contributed by atoms with Crippen LogP contribution in [0.3, 0.4) is 0 Å². The van der Waals surface area contributed by atoms with Gasteiger partial charge in [0.2, 0.25) is 5.91 Å². The molecule has 0 spiro atoms. The first-order valence-corrected chi connectivity index (χ1v) is 16.3. The lowest BCUT2D eigenvalue weighted by Gasteiger charge is -2.27. The Balaban J connectivity index is 1.68. The standard InChI is InChI=1S/C35H29FIN5O7/c1-19-29-28(32(45)41(24-13-14-24)35(48)40(29)25-11-7-10-23(17-25)38-20(2)43)30(39(3)31(19)44)42(27-15-12-22(37)16-26(27)36)33(46)34(47)49-18-21-8-5-4-6-9-21/h4-12,15-17,24H,13-14,18H2,1-3H3,(H,38,43). The number of pyridine rings is 1. The Kier molecular flexibility index (Phi) is 9.07. The monoisotopic (exact) mass is 777 g/mol. The molecule has 1 saturated carbocycles. The van der Waals surface area contributed by atoms with Gasteiger partial charge in [-0.15, -0.1) is 0 Å². The van der Waals surface area contributed by atoms with Crippen molar-refractivity contribution < 1.29 is 23.5 Å². The van der Waals surface area contributed by atoms with Crippen LogP contribution in [-0.2, 0) is 32.8 Å². The molecule has 0 saturated heterocycles. The Bertz CT molecular complexity index is 2360. The molecule has 49 heavy (non-hydrogen) atoms. The SMILES string of the molecule is CC(=O)Nc1cccc(-n2c(=O)n(C3CC3)c(=O)c3c(N(C(=O)C(=O)OCc4ccccc4)c4ccc(I)cc4F)n(C)c(=O)c(C)c32)c1. The van der Waals surface area contributed by atoms with Gasteiger partial charge in [0.1, 0.15) is 23.6 Å². The van der Waals surface area contributed by atoms with Gasteiger partial charge in [0.15, 0.2) is 0 Å². The third-order valence-corrected chi connectivity index (χ3v) is 8.77. The van der Waals surface area contributed by atoms with E-state index in [0.29, 0.717) is 32.6 Å². The number of fused-ring (bicyclic) bond motifs is 1. The highest BCUT2D eigenvalue weighted by Crippen LogP contribution is 2.36. The second-order valence-electron chi connectivity index (χ2n) is 11.6. The maximum absolute atomic E-state index is 15.8. The van der Waals surface area contributed by atoms with E-state index in [9.17, 15) is 28.8 Å². The van der Waals surface area contributed by atoms with E-state index in [1.54, 1.807) is 48.5 Å². The third-order valence-electron chi connectivity index (χ3n) is 8.10. The Morgan fingerprint density at radius 2 is 1.69 bits per heavy atom. The van der Waals surface area contributed by atoms with Crippen molar-refractivity contribution in [2.75, 3.05) is 10.2 Å². The van der Waals surface area contributed by atoms with Crippen LogP contribution in [-0.4, -0.2) is 31.5 Å². The number of carbonyl (C=O) groups is 3. The first-order chi connectivity index (χ1) is 23.4. The van der Waals surface area contributed by atoms with Crippen LogP contribution in [0.25, 0.3) is 16.6 Å². The summed E-state index contributed by atoms with van der Waals surface area (Å²) in [6, 6.07) is 18.2. The average molecular weight is 778 g/mol. The second kappa shape index (κ2) is 13.3. The number of halogens is 2. The van der Waals surface area contributed by atoms with Crippen molar-refractivity contribution in [3.05, 3.63) is 125 Å². The molecule has 2 aromatic heterocycles. The second-order valence-corrected chi connectivity index (χ2v) is 12.8. The Labute approximate surface area is 291 Å². The van der Waals surface area contributed by atoms with Crippen LogP contribution in [0.1, 0.15) is 36.9 Å². The number of aryl methyl sites for hydroxylation is 1. The van der Waals surface area contributed by atoms with Crippen LogP contribution in [0.5, 0.6) is 0 Å². The molecule has 0 unspecified atom stereocenters. The minimum Gasteiger partial charge on any atom is -0.454 e. The van der Waals surface area contributed by atoms with Crippen LogP contribution in [0.15, 0.2) is 87.2 Å². The van der Waals surface area contributed by atoms with E-state index in [1.165, 1.54) is 43.7 Å². The highest BCUT2D eigenvalue weighted by atomic mass is 127. The van der Waals surface area contributed by atoms with Crippen molar-refractivity contribution in [3.8, 4) is 5.69 Å². The zero-order valence-corrected chi connectivity index (χ0v) is 28.7. The molecule has 1 aliphatic rings. The van der Waals surface area contributed by atoms with Crippen LogP contribution in [0, 0.1) is 16.3 Å². The van der Waals surface area contributed by atoms with Crippen LogP contribution < -0.4 is 27.0 Å². The number of rotatable bonds is 7. The predicted molar refractivity (Wildman–Crippen MR) is 189 cm³/mol. The molecule has 1 fully saturated rings. The van der Waals surface area contributed by atoms with E-state index in [0.717, 1.165) is 15.2 Å². The van der Waals surface area contributed by atoms with Gasteiger partial charge in [-0.2, -0.15) is 0 Å². The number of esters is 1. The Morgan fingerprint density at radius 1 is 0.980 bits per heavy atom. The van der Waals surface area contributed by atoms with E-state index in [1.807, 2.05) is 22.6 Å². The zero-order chi connectivity index (χ0) is 35.1. The van der Waals surface area contributed by atoms with Crippen LogP contribution >= 0.6 is 22.6 Å². The molecule has 12 nitrogen and oxygen atoms in total. The number of aromatic nitrogens is 3. The lowest BCUT2D eigenvalue weighted by molar-refractivity contribution is -0.154. The van der Waals surface area contributed by atoms with E-state index in [4.69, 9.17) is 4.74 Å². The Hall–Kier alpha value is -5.38.